The highest BCUT2D eigenvalue weighted by Gasteiger charge is 2.41. The maximum Gasteiger partial charge on any atom is 0.417 e. The Morgan fingerprint density at radius 3 is 2.56 bits per heavy atom. The van der Waals surface area contributed by atoms with Crippen molar-refractivity contribution >= 4 is 16.0 Å². The van der Waals surface area contributed by atoms with Gasteiger partial charge in [-0.15, -0.1) is 0 Å². The molecule has 0 saturated carbocycles. The lowest BCUT2D eigenvalue weighted by molar-refractivity contribution is -0.140. The van der Waals surface area contributed by atoms with E-state index in [1.807, 2.05) is 0 Å². The average molecular weight is 379 g/mol. The van der Waals surface area contributed by atoms with Gasteiger partial charge in [-0.25, -0.2) is 8.42 Å². The van der Waals surface area contributed by atoms with E-state index in [1.165, 1.54) is 6.07 Å². The second kappa shape index (κ2) is 7.74. The van der Waals surface area contributed by atoms with Crippen LogP contribution in [0.25, 0.3) is 0 Å². The van der Waals surface area contributed by atoms with E-state index in [2.05, 4.69) is 0 Å². The Bertz CT molecular complexity index is 718. The Balaban J connectivity index is 2.32. The summed E-state index contributed by atoms with van der Waals surface area (Å²) in [5, 5.41) is 8.72. The molecule has 1 N–H and O–H groups in total. The second-order valence-electron chi connectivity index (χ2n) is 6.05. The number of piperidine rings is 1. The van der Waals surface area contributed by atoms with Crippen LogP contribution in [0.5, 0.6) is 0 Å². The van der Waals surface area contributed by atoms with Gasteiger partial charge in [-0.3, -0.25) is 4.79 Å². The number of rotatable bonds is 6. The number of carbonyl (C=O) groups is 1. The number of nitrogens with zero attached hydrogens (tertiary/aromatic N) is 1. The molecule has 0 amide bonds. The molecule has 1 aliphatic heterocycles. The van der Waals surface area contributed by atoms with Crippen molar-refractivity contribution in [1.29, 1.82) is 0 Å². The van der Waals surface area contributed by atoms with Gasteiger partial charge in [0.05, 0.1) is 10.5 Å². The van der Waals surface area contributed by atoms with Gasteiger partial charge in [-0.05, 0) is 37.8 Å². The number of alkyl halides is 3. The van der Waals surface area contributed by atoms with E-state index in [0.29, 0.717) is 19.3 Å². The molecule has 1 saturated heterocycles. The summed E-state index contributed by atoms with van der Waals surface area (Å²) in [5.74, 6) is -0.979. The summed E-state index contributed by atoms with van der Waals surface area (Å²) in [6.45, 7) is 0.145. The highest BCUT2D eigenvalue weighted by atomic mass is 32.2. The van der Waals surface area contributed by atoms with Crippen molar-refractivity contribution in [3.05, 3.63) is 29.8 Å². The van der Waals surface area contributed by atoms with Gasteiger partial charge < -0.3 is 5.11 Å². The quantitative estimate of drug-likeness (QED) is 0.821. The van der Waals surface area contributed by atoms with Crippen LogP contribution in [0.4, 0.5) is 13.2 Å². The Morgan fingerprint density at radius 1 is 1.24 bits per heavy atom. The first-order valence-corrected chi connectivity index (χ1v) is 9.48. The van der Waals surface area contributed by atoms with E-state index >= 15 is 0 Å². The van der Waals surface area contributed by atoms with E-state index in [9.17, 15) is 26.4 Å². The SMILES string of the molecule is O=C(O)CCCC1CCCCN1S(=O)(=O)c1ccccc1C(F)(F)F. The zero-order chi connectivity index (χ0) is 18.7. The largest absolute Gasteiger partial charge is 0.481 e. The smallest absolute Gasteiger partial charge is 0.417 e. The Hall–Kier alpha value is -1.61. The molecule has 1 heterocycles. The monoisotopic (exact) mass is 379 g/mol. The lowest BCUT2D eigenvalue weighted by Crippen LogP contribution is -2.44. The highest BCUT2D eigenvalue weighted by molar-refractivity contribution is 7.89. The van der Waals surface area contributed by atoms with Gasteiger partial charge in [0, 0.05) is 19.0 Å². The molecule has 1 aromatic rings. The number of hydrogen-bond acceptors (Lipinski definition) is 3. The fourth-order valence-corrected chi connectivity index (χ4v) is 5.06. The molecule has 140 valence electrons. The number of aliphatic carboxylic acids is 1. The molecule has 0 radical (unpaired) electrons. The summed E-state index contributed by atoms with van der Waals surface area (Å²) < 4.78 is 66.4. The van der Waals surface area contributed by atoms with Crippen molar-refractivity contribution in [2.45, 2.75) is 55.6 Å². The summed E-state index contributed by atoms with van der Waals surface area (Å²) in [7, 11) is -4.31. The maximum absolute atomic E-state index is 13.2. The molecule has 1 aliphatic rings. The Kier molecular flexibility index (Phi) is 6.10. The topological polar surface area (TPSA) is 74.7 Å². The van der Waals surface area contributed by atoms with Crippen LogP contribution < -0.4 is 0 Å². The van der Waals surface area contributed by atoms with Crippen LogP contribution in [-0.2, 0) is 21.0 Å². The van der Waals surface area contributed by atoms with Crippen LogP contribution >= 0.6 is 0 Å². The van der Waals surface area contributed by atoms with E-state index in [0.717, 1.165) is 28.9 Å². The first-order valence-electron chi connectivity index (χ1n) is 8.04. The number of hydrogen-bond donors (Lipinski definition) is 1. The van der Waals surface area contributed by atoms with Crippen LogP contribution in [0.2, 0.25) is 0 Å². The molecule has 0 aliphatic carbocycles. The highest BCUT2D eigenvalue weighted by Crippen LogP contribution is 2.37. The molecule has 0 spiro atoms. The van der Waals surface area contributed by atoms with Crippen LogP contribution in [0.3, 0.4) is 0 Å². The third-order valence-electron chi connectivity index (χ3n) is 4.28. The fourth-order valence-electron chi connectivity index (χ4n) is 3.12. The van der Waals surface area contributed by atoms with Crippen LogP contribution in [0.15, 0.2) is 29.2 Å². The standard InChI is InChI=1S/C16H20F3NO4S/c17-16(18,19)13-8-1-2-9-14(13)25(23,24)20-11-4-3-6-12(20)7-5-10-15(21)22/h1-2,8-9,12H,3-7,10-11H2,(H,21,22). The van der Waals surface area contributed by atoms with Gasteiger partial charge in [0.15, 0.2) is 0 Å². The number of carboxylic acid groups (broad SMARTS) is 1. The lowest BCUT2D eigenvalue weighted by Gasteiger charge is -2.35. The molecule has 1 fully saturated rings. The molecule has 0 bridgehead atoms. The second-order valence-corrected chi connectivity index (χ2v) is 7.90. The zero-order valence-electron chi connectivity index (χ0n) is 13.5. The lowest BCUT2D eigenvalue weighted by atomic mass is 10.00. The van der Waals surface area contributed by atoms with Gasteiger partial charge in [-0.1, -0.05) is 18.6 Å². The zero-order valence-corrected chi connectivity index (χ0v) is 14.3. The van der Waals surface area contributed by atoms with E-state index in [-0.39, 0.29) is 19.4 Å². The summed E-state index contributed by atoms with van der Waals surface area (Å²) in [5.41, 5.74) is -1.18. The number of benzene rings is 1. The normalized spacial score (nSPS) is 19.7. The molecular formula is C16H20F3NO4S. The van der Waals surface area contributed by atoms with Gasteiger partial charge in [0.1, 0.15) is 0 Å². The van der Waals surface area contributed by atoms with Crippen LogP contribution in [0, 0.1) is 0 Å². The van der Waals surface area contributed by atoms with Gasteiger partial charge in [0.2, 0.25) is 10.0 Å². The van der Waals surface area contributed by atoms with Crippen molar-refractivity contribution < 1.29 is 31.5 Å². The summed E-state index contributed by atoms with van der Waals surface area (Å²) in [4.78, 5) is 9.90. The fraction of sp³-hybridized carbons (Fsp3) is 0.562. The minimum Gasteiger partial charge on any atom is -0.481 e. The Labute approximate surface area is 144 Å². The first-order chi connectivity index (χ1) is 11.6. The Morgan fingerprint density at radius 2 is 1.92 bits per heavy atom. The molecule has 0 aromatic heterocycles. The minimum absolute atomic E-state index is 0.0937. The van der Waals surface area contributed by atoms with Crippen LogP contribution in [-0.4, -0.2) is 36.4 Å². The van der Waals surface area contributed by atoms with Crippen molar-refractivity contribution in [3.63, 3.8) is 0 Å². The number of halogens is 3. The number of sulfonamides is 1. The molecule has 1 aromatic carbocycles. The third-order valence-corrected chi connectivity index (χ3v) is 6.29. The predicted molar refractivity (Wildman–Crippen MR) is 84.5 cm³/mol. The van der Waals surface area contributed by atoms with Crippen molar-refractivity contribution in [2.24, 2.45) is 0 Å². The third kappa shape index (κ3) is 4.72. The van der Waals surface area contributed by atoms with E-state index in [1.54, 1.807) is 0 Å². The molecule has 5 nitrogen and oxygen atoms in total. The molecular weight excluding hydrogens is 359 g/mol. The van der Waals surface area contributed by atoms with Crippen molar-refractivity contribution in [1.82, 2.24) is 4.31 Å². The van der Waals surface area contributed by atoms with Gasteiger partial charge in [0.25, 0.3) is 0 Å². The van der Waals surface area contributed by atoms with Gasteiger partial charge in [-0.2, -0.15) is 17.5 Å². The maximum atomic E-state index is 13.2. The summed E-state index contributed by atoms with van der Waals surface area (Å²) >= 11 is 0. The first kappa shape index (κ1) is 19.7. The predicted octanol–water partition coefficient (Wildman–Crippen LogP) is 3.50. The molecule has 2 rings (SSSR count). The average Bonchev–Trinajstić information content (AvgIpc) is 2.54. The molecule has 1 unspecified atom stereocenters. The summed E-state index contributed by atoms with van der Waals surface area (Å²) in [6.07, 6.45) is -2.39. The molecule has 1 atom stereocenters. The minimum atomic E-state index is -4.77. The van der Waals surface area contributed by atoms with Crippen LogP contribution in [0.1, 0.15) is 44.1 Å². The van der Waals surface area contributed by atoms with Crippen molar-refractivity contribution in [3.8, 4) is 0 Å². The van der Waals surface area contributed by atoms with E-state index < -0.39 is 38.7 Å². The molecule has 9 heteroatoms. The van der Waals surface area contributed by atoms with Gasteiger partial charge >= 0.3 is 12.1 Å². The molecule has 25 heavy (non-hydrogen) atoms. The van der Waals surface area contributed by atoms with Crippen molar-refractivity contribution in [2.75, 3.05) is 6.54 Å². The number of carboxylic acids is 1. The van der Waals surface area contributed by atoms with E-state index in [4.69, 9.17) is 5.11 Å². The summed E-state index contributed by atoms with van der Waals surface area (Å²) in [6, 6.07) is 3.69.